The molecule has 0 unspecified atom stereocenters. The molecule has 21 heavy (non-hydrogen) atoms. The van der Waals surface area contributed by atoms with Crippen LogP contribution in [0.5, 0.6) is 0 Å². The lowest BCUT2D eigenvalue weighted by Crippen LogP contribution is -2.15. The molecule has 2 rings (SSSR count). The van der Waals surface area contributed by atoms with Crippen LogP contribution in [0, 0.1) is 19.7 Å². The third-order valence-corrected chi connectivity index (χ3v) is 3.03. The Bertz CT molecular complexity index is 650. The maximum atomic E-state index is 13.8. The highest BCUT2D eigenvalue weighted by molar-refractivity contribution is 6.05. The molecule has 1 aromatic carbocycles. The number of benzene rings is 1. The van der Waals surface area contributed by atoms with Crippen LogP contribution in [-0.2, 0) is 0 Å². The van der Waals surface area contributed by atoms with E-state index in [-0.39, 0.29) is 11.6 Å². The van der Waals surface area contributed by atoms with E-state index < -0.39 is 5.82 Å². The highest BCUT2D eigenvalue weighted by atomic mass is 19.1. The highest BCUT2D eigenvalue weighted by Gasteiger charge is 2.12. The van der Waals surface area contributed by atoms with Crippen LogP contribution in [0.4, 0.5) is 15.9 Å². The summed E-state index contributed by atoms with van der Waals surface area (Å²) in [5.74, 6) is -0.165. The molecule has 0 radical (unpaired) electrons. The molecule has 1 amide bonds. The Morgan fingerprint density at radius 1 is 1.29 bits per heavy atom. The SMILES string of the molecule is CCNc1cc(C(=O)Nc2c(C)cccc2F)cc(C)n1. The van der Waals surface area contributed by atoms with Gasteiger partial charge in [0.2, 0.25) is 0 Å². The van der Waals surface area contributed by atoms with E-state index in [1.54, 1.807) is 31.2 Å². The summed E-state index contributed by atoms with van der Waals surface area (Å²) >= 11 is 0. The topological polar surface area (TPSA) is 54.0 Å². The van der Waals surface area contributed by atoms with Crippen molar-refractivity contribution in [1.29, 1.82) is 0 Å². The number of pyridine rings is 1. The minimum atomic E-state index is -0.443. The summed E-state index contributed by atoms with van der Waals surface area (Å²) in [4.78, 5) is 16.6. The van der Waals surface area contributed by atoms with Crippen molar-refractivity contribution in [1.82, 2.24) is 4.98 Å². The Labute approximate surface area is 123 Å². The van der Waals surface area contributed by atoms with E-state index >= 15 is 0 Å². The molecule has 0 atom stereocenters. The lowest BCUT2D eigenvalue weighted by molar-refractivity contribution is 0.102. The number of halogens is 1. The smallest absolute Gasteiger partial charge is 0.255 e. The fraction of sp³-hybridized carbons (Fsp3) is 0.250. The van der Waals surface area contributed by atoms with Gasteiger partial charge in [0.15, 0.2) is 0 Å². The van der Waals surface area contributed by atoms with E-state index in [1.807, 2.05) is 13.8 Å². The minimum absolute atomic E-state index is 0.210. The van der Waals surface area contributed by atoms with Crippen LogP contribution >= 0.6 is 0 Å². The van der Waals surface area contributed by atoms with Gasteiger partial charge in [-0.25, -0.2) is 9.37 Å². The Balaban J connectivity index is 2.28. The van der Waals surface area contributed by atoms with Crippen molar-refractivity contribution in [3.05, 3.63) is 53.0 Å². The van der Waals surface area contributed by atoms with Gasteiger partial charge in [0.05, 0.1) is 5.69 Å². The molecule has 0 fully saturated rings. The maximum absolute atomic E-state index is 13.8. The second kappa shape index (κ2) is 6.35. The van der Waals surface area contributed by atoms with Crippen LogP contribution in [0.25, 0.3) is 0 Å². The molecule has 2 aromatic rings. The summed E-state index contributed by atoms with van der Waals surface area (Å²) in [7, 11) is 0. The molecule has 0 spiro atoms. The average molecular weight is 287 g/mol. The summed E-state index contributed by atoms with van der Waals surface area (Å²) in [6.45, 7) is 6.23. The summed E-state index contributed by atoms with van der Waals surface area (Å²) in [5, 5.41) is 5.69. The number of carbonyl (C=O) groups excluding carboxylic acids is 1. The van der Waals surface area contributed by atoms with Crippen LogP contribution in [-0.4, -0.2) is 17.4 Å². The van der Waals surface area contributed by atoms with Gasteiger partial charge in [-0.15, -0.1) is 0 Å². The van der Waals surface area contributed by atoms with Crippen LogP contribution < -0.4 is 10.6 Å². The molecular weight excluding hydrogens is 269 g/mol. The number of anilines is 2. The number of carbonyl (C=O) groups is 1. The van der Waals surface area contributed by atoms with E-state index in [9.17, 15) is 9.18 Å². The van der Waals surface area contributed by atoms with Crippen molar-refractivity contribution in [2.45, 2.75) is 20.8 Å². The van der Waals surface area contributed by atoms with Crippen LogP contribution in [0.2, 0.25) is 0 Å². The number of aromatic nitrogens is 1. The average Bonchev–Trinajstić information content (AvgIpc) is 2.42. The zero-order valence-electron chi connectivity index (χ0n) is 12.3. The quantitative estimate of drug-likeness (QED) is 0.904. The molecule has 0 aliphatic carbocycles. The van der Waals surface area contributed by atoms with Crippen LogP contribution in [0.3, 0.4) is 0 Å². The molecule has 110 valence electrons. The van der Waals surface area contributed by atoms with E-state index in [1.165, 1.54) is 6.07 Å². The molecule has 1 heterocycles. The first-order valence-corrected chi connectivity index (χ1v) is 6.80. The normalized spacial score (nSPS) is 10.3. The van der Waals surface area contributed by atoms with E-state index in [0.717, 1.165) is 5.69 Å². The Hall–Kier alpha value is -2.43. The molecule has 5 heteroatoms. The lowest BCUT2D eigenvalue weighted by atomic mass is 10.1. The third-order valence-electron chi connectivity index (χ3n) is 3.03. The van der Waals surface area contributed by atoms with Crippen molar-refractivity contribution in [2.24, 2.45) is 0 Å². The molecule has 1 aromatic heterocycles. The van der Waals surface area contributed by atoms with E-state index in [4.69, 9.17) is 0 Å². The molecule has 2 N–H and O–H groups in total. The van der Waals surface area contributed by atoms with Gasteiger partial charge in [-0.2, -0.15) is 0 Å². The largest absolute Gasteiger partial charge is 0.370 e. The molecule has 0 saturated carbocycles. The summed E-state index contributed by atoms with van der Waals surface area (Å²) in [6, 6.07) is 8.01. The van der Waals surface area contributed by atoms with Gasteiger partial charge in [0, 0.05) is 17.8 Å². The molecule has 4 nitrogen and oxygen atoms in total. The number of hydrogen-bond donors (Lipinski definition) is 2. The Kier molecular flexibility index (Phi) is 4.52. The van der Waals surface area contributed by atoms with Gasteiger partial charge in [0.25, 0.3) is 5.91 Å². The number of aryl methyl sites for hydroxylation is 2. The molecular formula is C16H18FN3O. The fourth-order valence-electron chi connectivity index (χ4n) is 2.05. The zero-order valence-corrected chi connectivity index (χ0v) is 12.3. The number of para-hydroxylation sites is 1. The Morgan fingerprint density at radius 2 is 2.05 bits per heavy atom. The highest BCUT2D eigenvalue weighted by Crippen LogP contribution is 2.20. The second-order valence-corrected chi connectivity index (χ2v) is 4.80. The van der Waals surface area contributed by atoms with Gasteiger partial charge >= 0.3 is 0 Å². The minimum Gasteiger partial charge on any atom is -0.370 e. The first kappa shape index (κ1) is 15.0. The first-order chi connectivity index (χ1) is 10.0. The van der Waals surface area contributed by atoms with E-state index in [2.05, 4.69) is 15.6 Å². The van der Waals surface area contributed by atoms with Crippen LogP contribution in [0.15, 0.2) is 30.3 Å². The number of rotatable bonds is 4. The predicted molar refractivity (Wildman–Crippen MR) is 82.2 cm³/mol. The van der Waals surface area contributed by atoms with Gasteiger partial charge in [-0.1, -0.05) is 12.1 Å². The van der Waals surface area contributed by atoms with Gasteiger partial charge in [-0.3, -0.25) is 4.79 Å². The van der Waals surface area contributed by atoms with Gasteiger partial charge < -0.3 is 10.6 Å². The van der Waals surface area contributed by atoms with Gasteiger partial charge in [0.1, 0.15) is 11.6 Å². The zero-order chi connectivity index (χ0) is 15.4. The van der Waals surface area contributed by atoms with Crippen molar-refractivity contribution in [3.8, 4) is 0 Å². The number of amides is 1. The van der Waals surface area contributed by atoms with Crippen molar-refractivity contribution < 1.29 is 9.18 Å². The number of hydrogen-bond acceptors (Lipinski definition) is 3. The second-order valence-electron chi connectivity index (χ2n) is 4.80. The number of nitrogens with zero attached hydrogens (tertiary/aromatic N) is 1. The molecule has 0 bridgehead atoms. The summed E-state index contributed by atoms with van der Waals surface area (Å²) < 4.78 is 13.8. The van der Waals surface area contributed by atoms with Gasteiger partial charge in [-0.05, 0) is 44.5 Å². The fourth-order valence-corrected chi connectivity index (χ4v) is 2.05. The summed E-state index contributed by atoms with van der Waals surface area (Å²) in [5.41, 5.74) is 2.06. The summed E-state index contributed by atoms with van der Waals surface area (Å²) in [6.07, 6.45) is 0. The van der Waals surface area contributed by atoms with E-state index in [0.29, 0.717) is 23.5 Å². The Morgan fingerprint density at radius 3 is 2.71 bits per heavy atom. The number of nitrogens with one attached hydrogen (secondary N) is 2. The van der Waals surface area contributed by atoms with Crippen molar-refractivity contribution >= 4 is 17.4 Å². The molecule has 0 aliphatic heterocycles. The third kappa shape index (κ3) is 3.56. The monoisotopic (exact) mass is 287 g/mol. The first-order valence-electron chi connectivity index (χ1n) is 6.80. The maximum Gasteiger partial charge on any atom is 0.255 e. The molecule has 0 saturated heterocycles. The van der Waals surface area contributed by atoms with Crippen LogP contribution in [0.1, 0.15) is 28.5 Å². The lowest BCUT2D eigenvalue weighted by Gasteiger charge is -2.11. The predicted octanol–water partition coefficient (Wildman–Crippen LogP) is 3.52. The van der Waals surface area contributed by atoms with Crippen molar-refractivity contribution in [3.63, 3.8) is 0 Å². The molecule has 0 aliphatic rings. The standard InChI is InChI=1S/C16H18FN3O/c1-4-18-14-9-12(8-11(3)19-14)16(21)20-15-10(2)6-5-7-13(15)17/h5-9H,4H2,1-3H3,(H,18,19)(H,20,21). The van der Waals surface area contributed by atoms with Crippen molar-refractivity contribution in [2.75, 3.05) is 17.2 Å².